The number of rotatable bonds is 1. The van der Waals surface area contributed by atoms with Crippen molar-refractivity contribution in [2.24, 2.45) is 0 Å². The Hall–Kier alpha value is -1.64. The monoisotopic (exact) mass is 176 g/mol. The summed E-state index contributed by atoms with van der Waals surface area (Å²) in [6, 6.07) is 5.07. The van der Waals surface area contributed by atoms with Gasteiger partial charge in [-0.3, -0.25) is 0 Å². The molecule has 0 saturated heterocycles. The summed E-state index contributed by atoms with van der Waals surface area (Å²) in [7, 11) is 0. The van der Waals surface area contributed by atoms with Crippen LogP contribution in [0.5, 0.6) is 0 Å². The van der Waals surface area contributed by atoms with Crippen LogP contribution in [0.2, 0.25) is 0 Å². The number of benzene rings is 1. The first-order chi connectivity index (χ1) is 6.27. The third-order valence-electron chi connectivity index (χ3n) is 1.94. The molecule has 0 aliphatic rings. The van der Waals surface area contributed by atoms with Gasteiger partial charge in [-0.1, -0.05) is 12.1 Å². The van der Waals surface area contributed by atoms with Crippen LogP contribution in [0.3, 0.4) is 0 Å². The van der Waals surface area contributed by atoms with E-state index in [0.29, 0.717) is 11.4 Å². The molecule has 0 atom stereocenters. The van der Waals surface area contributed by atoms with Gasteiger partial charge in [0.2, 0.25) is 0 Å². The molecule has 0 bridgehead atoms. The summed E-state index contributed by atoms with van der Waals surface area (Å²) in [5.41, 5.74) is 1.42. The van der Waals surface area contributed by atoms with E-state index >= 15 is 0 Å². The fraction of sp³-hybridized carbons (Fsp3) is 0.100. The maximum Gasteiger partial charge on any atom is 0.137 e. The van der Waals surface area contributed by atoms with Crippen molar-refractivity contribution in [3.8, 4) is 11.4 Å². The molecule has 0 aliphatic heterocycles. The van der Waals surface area contributed by atoms with E-state index in [1.165, 1.54) is 6.07 Å². The molecule has 1 aromatic heterocycles. The summed E-state index contributed by atoms with van der Waals surface area (Å²) in [6.45, 7) is 1.74. The molecule has 0 aliphatic carbocycles. The fourth-order valence-corrected chi connectivity index (χ4v) is 1.16. The van der Waals surface area contributed by atoms with Gasteiger partial charge in [-0.05, 0) is 18.6 Å². The number of H-pyrrole nitrogens is 1. The average molecular weight is 176 g/mol. The van der Waals surface area contributed by atoms with Crippen LogP contribution in [-0.4, -0.2) is 9.97 Å². The molecule has 1 aromatic carbocycles. The zero-order valence-corrected chi connectivity index (χ0v) is 7.21. The highest BCUT2D eigenvalue weighted by atomic mass is 19.1. The zero-order valence-electron chi connectivity index (χ0n) is 7.21. The van der Waals surface area contributed by atoms with Crippen molar-refractivity contribution in [1.29, 1.82) is 0 Å². The summed E-state index contributed by atoms with van der Waals surface area (Å²) >= 11 is 0. The van der Waals surface area contributed by atoms with E-state index in [1.807, 2.05) is 6.07 Å². The molecule has 66 valence electrons. The van der Waals surface area contributed by atoms with E-state index in [2.05, 4.69) is 9.97 Å². The number of aromatic amines is 1. The third-order valence-corrected chi connectivity index (χ3v) is 1.94. The molecule has 13 heavy (non-hydrogen) atoms. The SMILES string of the molecule is Cc1ccc(-c2ncc[nH]2)cc1F. The normalized spacial score (nSPS) is 10.3. The Morgan fingerprint density at radius 2 is 2.23 bits per heavy atom. The number of nitrogens with zero attached hydrogens (tertiary/aromatic N) is 1. The standard InChI is InChI=1S/C10H9FN2/c1-7-2-3-8(6-9(7)11)10-12-4-5-13-10/h2-6H,1H3,(H,12,13). The highest BCUT2D eigenvalue weighted by molar-refractivity contribution is 5.55. The Labute approximate surface area is 75.4 Å². The van der Waals surface area contributed by atoms with Crippen molar-refractivity contribution < 1.29 is 4.39 Å². The lowest BCUT2D eigenvalue weighted by atomic mass is 10.1. The van der Waals surface area contributed by atoms with Gasteiger partial charge in [0, 0.05) is 18.0 Å². The first-order valence-electron chi connectivity index (χ1n) is 4.03. The van der Waals surface area contributed by atoms with Crippen LogP contribution in [0, 0.1) is 12.7 Å². The van der Waals surface area contributed by atoms with Gasteiger partial charge in [-0.25, -0.2) is 9.37 Å². The molecule has 0 amide bonds. The maximum atomic E-state index is 13.1. The van der Waals surface area contributed by atoms with Crippen molar-refractivity contribution in [1.82, 2.24) is 9.97 Å². The van der Waals surface area contributed by atoms with Crippen molar-refractivity contribution in [3.63, 3.8) is 0 Å². The van der Waals surface area contributed by atoms with Gasteiger partial charge < -0.3 is 4.98 Å². The molecule has 0 unspecified atom stereocenters. The van der Waals surface area contributed by atoms with Crippen LogP contribution in [0.25, 0.3) is 11.4 Å². The Kier molecular flexibility index (Phi) is 1.85. The van der Waals surface area contributed by atoms with E-state index in [-0.39, 0.29) is 5.82 Å². The van der Waals surface area contributed by atoms with E-state index in [9.17, 15) is 4.39 Å². The molecular formula is C10H9FN2. The van der Waals surface area contributed by atoms with Crippen LogP contribution in [-0.2, 0) is 0 Å². The van der Waals surface area contributed by atoms with Gasteiger partial charge in [-0.2, -0.15) is 0 Å². The summed E-state index contributed by atoms with van der Waals surface area (Å²) in [5.74, 6) is 0.493. The fourth-order valence-electron chi connectivity index (χ4n) is 1.16. The molecule has 0 fully saturated rings. The van der Waals surface area contributed by atoms with Crippen LogP contribution in [0.4, 0.5) is 4.39 Å². The van der Waals surface area contributed by atoms with Gasteiger partial charge in [0.05, 0.1) is 0 Å². The number of halogens is 1. The van der Waals surface area contributed by atoms with Gasteiger partial charge in [-0.15, -0.1) is 0 Å². The number of aryl methyl sites for hydroxylation is 1. The quantitative estimate of drug-likeness (QED) is 0.710. The second-order valence-electron chi connectivity index (χ2n) is 2.90. The Morgan fingerprint density at radius 3 is 2.85 bits per heavy atom. The van der Waals surface area contributed by atoms with Crippen LogP contribution >= 0.6 is 0 Å². The smallest absolute Gasteiger partial charge is 0.137 e. The largest absolute Gasteiger partial charge is 0.345 e. The zero-order chi connectivity index (χ0) is 9.26. The van der Waals surface area contributed by atoms with Crippen molar-refractivity contribution in [2.75, 3.05) is 0 Å². The van der Waals surface area contributed by atoms with E-state index in [1.54, 1.807) is 25.4 Å². The van der Waals surface area contributed by atoms with Crippen LogP contribution < -0.4 is 0 Å². The van der Waals surface area contributed by atoms with E-state index < -0.39 is 0 Å². The summed E-state index contributed by atoms with van der Waals surface area (Å²) < 4.78 is 13.1. The van der Waals surface area contributed by atoms with E-state index in [4.69, 9.17) is 0 Å². The topological polar surface area (TPSA) is 28.7 Å². The molecule has 0 radical (unpaired) electrons. The van der Waals surface area contributed by atoms with E-state index in [0.717, 1.165) is 5.56 Å². The molecule has 0 saturated carbocycles. The number of aromatic nitrogens is 2. The van der Waals surface area contributed by atoms with Gasteiger partial charge in [0.25, 0.3) is 0 Å². The Balaban J connectivity index is 2.49. The number of imidazole rings is 1. The molecular weight excluding hydrogens is 167 g/mol. The lowest BCUT2D eigenvalue weighted by Gasteiger charge is -1.99. The van der Waals surface area contributed by atoms with Crippen molar-refractivity contribution >= 4 is 0 Å². The van der Waals surface area contributed by atoms with Gasteiger partial charge in [0.15, 0.2) is 0 Å². The number of nitrogens with one attached hydrogen (secondary N) is 1. The molecule has 1 heterocycles. The second kappa shape index (κ2) is 3.01. The van der Waals surface area contributed by atoms with Gasteiger partial charge in [0.1, 0.15) is 11.6 Å². The number of hydrogen-bond acceptors (Lipinski definition) is 1. The van der Waals surface area contributed by atoms with Crippen molar-refractivity contribution in [3.05, 3.63) is 42.0 Å². The first kappa shape index (κ1) is 7.98. The molecule has 2 rings (SSSR count). The molecule has 1 N–H and O–H groups in total. The lowest BCUT2D eigenvalue weighted by molar-refractivity contribution is 0.619. The maximum absolute atomic E-state index is 13.1. The summed E-state index contributed by atoms with van der Waals surface area (Å²) in [5, 5.41) is 0. The van der Waals surface area contributed by atoms with Crippen LogP contribution in [0.15, 0.2) is 30.6 Å². The number of hydrogen-bond donors (Lipinski definition) is 1. The predicted octanol–water partition coefficient (Wildman–Crippen LogP) is 2.52. The third kappa shape index (κ3) is 1.45. The molecule has 3 heteroatoms. The minimum absolute atomic E-state index is 0.200. The predicted molar refractivity (Wildman–Crippen MR) is 48.7 cm³/mol. The molecule has 0 spiro atoms. The summed E-state index contributed by atoms with van der Waals surface area (Å²) in [6.07, 6.45) is 3.36. The highest BCUT2D eigenvalue weighted by Gasteiger charge is 2.02. The highest BCUT2D eigenvalue weighted by Crippen LogP contribution is 2.17. The first-order valence-corrected chi connectivity index (χ1v) is 4.03. The average Bonchev–Trinajstić information content (AvgIpc) is 2.62. The van der Waals surface area contributed by atoms with Gasteiger partial charge >= 0.3 is 0 Å². The minimum Gasteiger partial charge on any atom is -0.345 e. The summed E-state index contributed by atoms with van der Waals surface area (Å²) in [4.78, 5) is 6.96. The minimum atomic E-state index is -0.200. The van der Waals surface area contributed by atoms with Crippen LogP contribution in [0.1, 0.15) is 5.56 Å². The van der Waals surface area contributed by atoms with Crippen molar-refractivity contribution in [2.45, 2.75) is 6.92 Å². The lowest BCUT2D eigenvalue weighted by Crippen LogP contribution is -1.85. The Bertz CT molecular complexity index is 407. The second-order valence-corrected chi connectivity index (χ2v) is 2.90. The molecule has 2 nitrogen and oxygen atoms in total. The Morgan fingerprint density at radius 1 is 1.38 bits per heavy atom. The molecule has 2 aromatic rings.